The Morgan fingerprint density at radius 3 is 2.26 bits per heavy atom. The minimum Gasteiger partial charge on any atom is -0.353 e. The van der Waals surface area contributed by atoms with Crippen LogP contribution in [0.4, 0.5) is 0 Å². The van der Waals surface area contributed by atoms with Gasteiger partial charge >= 0.3 is 0 Å². The lowest BCUT2D eigenvalue weighted by atomic mass is 10.0. The number of piperidine rings is 1. The van der Waals surface area contributed by atoms with Crippen molar-refractivity contribution in [1.82, 2.24) is 15.1 Å². The minimum atomic E-state index is -0.226. The van der Waals surface area contributed by atoms with Crippen molar-refractivity contribution < 1.29 is 14.4 Å². The Labute approximate surface area is 137 Å². The van der Waals surface area contributed by atoms with Gasteiger partial charge in [0.05, 0.1) is 5.92 Å². The Morgan fingerprint density at radius 1 is 1.09 bits per heavy atom. The quantitative estimate of drug-likeness (QED) is 0.831. The van der Waals surface area contributed by atoms with Gasteiger partial charge in [0, 0.05) is 44.1 Å². The maximum absolute atomic E-state index is 12.4. The number of nitrogens with zero attached hydrogens (tertiary/aromatic N) is 2. The molecule has 0 radical (unpaired) electrons. The molecule has 3 amide bonds. The van der Waals surface area contributed by atoms with E-state index >= 15 is 0 Å². The average Bonchev–Trinajstić information content (AvgIpc) is 3.29. The molecule has 1 atom stereocenters. The average molecular weight is 321 g/mol. The molecule has 6 nitrogen and oxygen atoms in total. The maximum Gasteiger partial charge on any atom is 0.225 e. The third kappa shape index (κ3) is 3.67. The first-order valence-electron chi connectivity index (χ1n) is 8.84. The van der Waals surface area contributed by atoms with Crippen LogP contribution in [0.15, 0.2) is 0 Å². The first-order valence-corrected chi connectivity index (χ1v) is 8.84. The molecule has 1 N–H and O–H groups in total. The fourth-order valence-corrected chi connectivity index (χ4v) is 3.56. The van der Waals surface area contributed by atoms with E-state index in [1.54, 1.807) is 4.90 Å². The van der Waals surface area contributed by atoms with Crippen molar-refractivity contribution in [3.05, 3.63) is 0 Å². The molecule has 2 heterocycles. The first-order chi connectivity index (χ1) is 11.0. The molecule has 1 unspecified atom stereocenters. The van der Waals surface area contributed by atoms with Gasteiger partial charge in [0.25, 0.3) is 0 Å². The molecule has 0 bridgehead atoms. The Balaban J connectivity index is 1.44. The van der Waals surface area contributed by atoms with Crippen LogP contribution in [0.5, 0.6) is 0 Å². The van der Waals surface area contributed by atoms with E-state index < -0.39 is 0 Å². The van der Waals surface area contributed by atoms with Gasteiger partial charge in [-0.3, -0.25) is 14.4 Å². The normalized spacial score (nSPS) is 26.0. The second-order valence-corrected chi connectivity index (χ2v) is 7.42. The standard InChI is InChI=1S/C17H27N3O3/c1-11(2)20-10-13(9-15(20)21)16(22)18-14-5-7-19(8-6-14)17(23)12-3-4-12/h11-14H,3-10H2,1-2H3,(H,18,22). The Morgan fingerprint density at radius 2 is 1.74 bits per heavy atom. The molecule has 128 valence electrons. The number of carbonyl (C=O) groups is 3. The van der Waals surface area contributed by atoms with Gasteiger partial charge < -0.3 is 15.1 Å². The fraction of sp³-hybridized carbons (Fsp3) is 0.824. The van der Waals surface area contributed by atoms with Gasteiger partial charge in [-0.05, 0) is 39.5 Å². The zero-order chi connectivity index (χ0) is 16.6. The SMILES string of the molecule is CC(C)N1CC(C(=O)NC2CCN(C(=O)C3CC3)CC2)CC1=O. The molecule has 3 aliphatic rings. The molecule has 2 aliphatic heterocycles. The van der Waals surface area contributed by atoms with E-state index in [1.807, 2.05) is 18.7 Å². The molecule has 3 rings (SSSR count). The summed E-state index contributed by atoms with van der Waals surface area (Å²) < 4.78 is 0. The molecule has 1 saturated carbocycles. The third-order valence-corrected chi connectivity index (χ3v) is 5.23. The summed E-state index contributed by atoms with van der Waals surface area (Å²) in [4.78, 5) is 40.1. The van der Waals surface area contributed by atoms with Gasteiger partial charge in [-0.25, -0.2) is 0 Å². The highest BCUT2D eigenvalue weighted by molar-refractivity contribution is 5.89. The molecule has 0 aromatic carbocycles. The number of nitrogens with one attached hydrogen (secondary N) is 1. The number of amides is 3. The lowest BCUT2D eigenvalue weighted by molar-refractivity contribution is -0.134. The van der Waals surface area contributed by atoms with Gasteiger partial charge in [0.15, 0.2) is 0 Å². The van der Waals surface area contributed by atoms with Crippen molar-refractivity contribution in [3.8, 4) is 0 Å². The summed E-state index contributed by atoms with van der Waals surface area (Å²) in [5, 5.41) is 3.09. The summed E-state index contributed by atoms with van der Waals surface area (Å²) in [6.07, 6.45) is 4.04. The molecule has 6 heteroatoms. The number of carbonyl (C=O) groups excluding carboxylic acids is 3. The van der Waals surface area contributed by atoms with Crippen molar-refractivity contribution in [2.45, 2.75) is 58.0 Å². The largest absolute Gasteiger partial charge is 0.353 e. The maximum atomic E-state index is 12.4. The van der Waals surface area contributed by atoms with Crippen LogP contribution in [0, 0.1) is 11.8 Å². The van der Waals surface area contributed by atoms with Gasteiger partial charge in [-0.2, -0.15) is 0 Å². The number of hydrogen-bond acceptors (Lipinski definition) is 3. The summed E-state index contributed by atoms with van der Waals surface area (Å²) >= 11 is 0. The molecule has 0 aromatic heterocycles. The van der Waals surface area contributed by atoms with E-state index in [1.165, 1.54) is 0 Å². The number of likely N-dealkylation sites (tertiary alicyclic amines) is 2. The van der Waals surface area contributed by atoms with E-state index in [2.05, 4.69) is 5.32 Å². The fourth-order valence-electron chi connectivity index (χ4n) is 3.56. The molecule has 1 aliphatic carbocycles. The molecular weight excluding hydrogens is 294 g/mol. The highest BCUT2D eigenvalue weighted by atomic mass is 16.2. The van der Waals surface area contributed by atoms with Crippen molar-refractivity contribution in [3.63, 3.8) is 0 Å². The summed E-state index contributed by atoms with van der Waals surface area (Å²) in [5.41, 5.74) is 0. The van der Waals surface area contributed by atoms with E-state index in [4.69, 9.17) is 0 Å². The Kier molecular flexibility index (Phi) is 4.60. The third-order valence-electron chi connectivity index (χ3n) is 5.23. The topological polar surface area (TPSA) is 69.7 Å². The van der Waals surface area contributed by atoms with Crippen molar-refractivity contribution in [2.24, 2.45) is 11.8 Å². The predicted octanol–water partition coefficient (Wildman–Crippen LogP) is 0.761. The van der Waals surface area contributed by atoms with Crippen LogP contribution in [0.1, 0.15) is 46.0 Å². The smallest absolute Gasteiger partial charge is 0.225 e. The summed E-state index contributed by atoms with van der Waals surface area (Å²) in [7, 11) is 0. The second-order valence-electron chi connectivity index (χ2n) is 7.42. The van der Waals surface area contributed by atoms with Gasteiger partial charge in [0.1, 0.15) is 0 Å². The highest BCUT2D eigenvalue weighted by Gasteiger charge is 2.38. The number of hydrogen-bond donors (Lipinski definition) is 1. The van der Waals surface area contributed by atoms with Gasteiger partial charge in [-0.15, -0.1) is 0 Å². The van der Waals surface area contributed by atoms with Crippen molar-refractivity contribution in [2.75, 3.05) is 19.6 Å². The van der Waals surface area contributed by atoms with E-state index in [9.17, 15) is 14.4 Å². The Bertz CT molecular complexity index is 493. The van der Waals surface area contributed by atoms with Gasteiger partial charge in [-0.1, -0.05) is 0 Å². The predicted molar refractivity (Wildman–Crippen MR) is 85.4 cm³/mol. The first kappa shape index (κ1) is 16.3. The number of rotatable bonds is 4. The zero-order valence-electron chi connectivity index (χ0n) is 14.1. The second kappa shape index (κ2) is 6.49. The van der Waals surface area contributed by atoms with Crippen molar-refractivity contribution >= 4 is 17.7 Å². The van der Waals surface area contributed by atoms with E-state index in [0.717, 1.165) is 38.8 Å². The molecule has 0 aromatic rings. The molecule has 3 fully saturated rings. The molecule has 2 saturated heterocycles. The van der Waals surface area contributed by atoms with Crippen LogP contribution < -0.4 is 5.32 Å². The van der Waals surface area contributed by atoms with Crippen LogP contribution in [0.2, 0.25) is 0 Å². The summed E-state index contributed by atoms with van der Waals surface area (Å²) in [6.45, 7) is 5.96. The molecule has 0 spiro atoms. The highest BCUT2D eigenvalue weighted by Crippen LogP contribution is 2.32. The van der Waals surface area contributed by atoms with Crippen LogP contribution in [-0.4, -0.2) is 59.2 Å². The summed E-state index contributed by atoms with van der Waals surface area (Å²) in [6, 6.07) is 0.283. The van der Waals surface area contributed by atoms with Crippen LogP contribution in [0.25, 0.3) is 0 Å². The molecule has 23 heavy (non-hydrogen) atoms. The van der Waals surface area contributed by atoms with Gasteiger partial charge in [0.2, 0.25) is 17.7 Å². The van der Waals surface area contributed by atoms with Crippen LogP contribution in [0.3, 0.4) is 0 Å². The lowest BCUT2D eigenvalue weighted by Crippen LogP contribution is -2.48. The molecular formula is C17H27N3O3. The minimum absolute atomic E-state index is 0.00605. The lowest BCUT2D eigenvalue weighted by Gasteiger charge is -2.33. The summed E-state index contributed by atoms with van der Waals surface area (Å²) in [5.74, 6) is 0.408. The Hall–Kier alpha value is -1.59. The van der Waals surface area contributed by atoms with Crippen molar-refractivity contribution in [1.29, 1.82) is 0 Å². The van der Waals surface area contributed by atoms with E-state index in [0.29, 0.717) is 18.9 Å². The van der Waals surface area contributed by atoms with Crippen LogP contribution >= 0.6 is 0 Å². The monoisotopic (exact) mass is 321 g/mol. The van der Waals surface area contributed by atoms with Crippen LogP contribution in [-0.2, 0) is 14.4 Å². The van der Waals surface area contributed by atoms with E-state index in [-0.39, 0.29) is 35.7 Å². The zero-order valence-corrected chi connectivity index (χ0v) is 14.1.